The minimum Gasteiger partial charge on any atom is -0.244 e. The molecular formula is C19H13F2N3O. The van der Waals surface area contributed by atoms with Gasteiger partial charge >= 0.3 is 6.03 Å². The fraction of sp³-hybridized carbons (Fsp3) is 0.105. The van der Waals surface area contributed by atoms with E-state index >= 15 is 0 Å². The Bertz CT molecular complexity index is 1050. The molecule has 0 N–H and O–H groups in total. The molecule has 6 heteroatoms. The third kappa shape index (κ3) is 2.38. The molecule has 0 bridgehead atoms. The molecule has 3 aromatic rings. The van der Waals surface area contributed by atoms with E-state index in [-0.39, 0.29) is 11.3 Å². The highest BCUT2D eigenvalue weighted by molar-refractivity contribution is 6.23. The number of hydrogen-bond acceptors (Lipinski definition) is 2. The Balaban J connectivity index is 1.95. The Morgan fingerprint density at radius 2 is 1.72 bits per heavy atom. The van der Waals surface area contributed by atoms with Crippen molar-refractivity contribution in [2.24, 2.45) is 4.99 Å². The van der Waals surface area contributed by atoms with Gasteiger partial charge in [0.15, 0.2) is 0 Å². The van der Waals surface area contributed by atoms with E-state index in [0.29, 0.717) is 17.0 Å². The molecule has 25 heavy (non-hydrogen) atoms. The van der Waals surface area contributed by atoms with E-state index in [2.05, 4.69) is 10.1 Å². The molecule has 0 unspecified atom stereocenters. The number of hydrogen-bond donors (Lipinski definition) is 0. The molecule has 0 spiro atoms. The molecule has 1 amide bonds. The van der Waals surface area contributed by atoms with Crippen molar-refractivity contribution in [1.29, 1.82) is 0 Å². The molecule has 0 aliphatic carbocycles. The Morgan fingerprint density at radius 1 is 1.00 bits per heavy atom. The molecule has 0 saturated carbocycles. The summed E-state index contributed by atoms with van der Waals surface area (Å²) in [5.74, 6) is -1.46. The highest BCUT2D eigenvalue weighted by atomic mass is 19.1. The number of benzene rings is 2. The monoisotopic (exact) mass is 337 g/mol. The summed E-state index contributed by atoms with van der Waals surface area (Å²) in [6.07, 6.45) is 0. The molecule has 2 aromatic carbocycles. The second-order valence-corrected chi connectivity index (χ2v) is 5.95. The molecule has 4 rings (SSSR count). The molecule has 0 fully saturated rings. The van der Waals surface area contributed by atoms with Crippen LogP contribution in [0.2, 0.25) is 0 Å². The van der Waals surface area contributed by atoms with Crippen LogP contribution in [-0.2, 0) is 0 Å². The van der Waals surface area contributed by atoms with Crippen molar-refractivity contribution in [3.63, 3.8) is 0 Å². The summed E-state index contributed by atoms with van der Waals surface area (Å²) >= 11 is 0. The fourth-order valence-electron chi connectivity index (χ4n) is 3.02. The Morgan fingerprint density at radius 3 is 2.40 bits per heavy atom. The Kier molecular flexibility index (Phi) is 3.35. The minimum absolute atomic E-state index is 0.0711. The van der Waals surface area contributed by atoms with Crippen LogP contribution < -0.4 is 0 Å². The Hall–Kier alpha value is -3.15. The first kappa shape index (κ1) is 15.4. The number of carbonyl (C=O) groups is 1. The predicted octanol–water partition coefficient (Wildman–Crippen LogP) is 4.26. The highest BCUT2D eigenvalue weighted by Gasteiger charge is 2.32. The summed E-state index contributed by atoms with van der Waals surface area (Å²) in [7, 11) is 0. The van der Waals surface area contributed by atoms with Crippen LogP contribution in [0.1, 0.15) is 22.5 Å². The average molecular weight is 337 g/mol. The van der Waals surface area contributed by atoms with Gasteiger partial charge in [-0.25, -0.2) is 13.6 Å². The zero-order chi connectivity index (χ0) is 17.7. The van der Waals surface area contributed by atoms with Crippen LogP contribution in [-0.4, -0.2) is 21.5 Å². The van der Waals surface area contributed by atoms with Gasteiger partial charge in [-0.15, -0.1) is 0 Å². The molecule has 1 aromatic heterocycles. The number of halogens is 2. The van der Waals surface area contributed by atoms with E-state index in [1.165, 1.54) is 10.7 Å². The van der Waals surface area contributed by atoms with E-state index in [0.717, 1.165) is 23.3 Å². The summed E-state index contributed by atoms with van der Waals surface area (Å²) in [6.45, 7) is 3.76. The first-order valence-corrected chi connectivity index (χ1v) is 7.71. The highest BCUT2D eigenvalue weighted by Crippen LogP contribution is 2.33. The third-order valence-electron chi connectivity index (χ3n) is 4.20. The van der Waals surface area contributed by atoms with E-state index in [1.54, 1.807) is 6.92 Å². The van der Waals surface area contributed by atoms with Crippen LogP contribution >= 0.6 is 0 Å². The van der Waals surface area contributed by atoms with Gasteiger partial charge in [-0.05, 0) is 31.5 Å². The van der Waals surface area contributed by atoms with Gasteiger partial charge in [0.2, 0.25) is 0 Å². The summed E-state index contributed by atoms with van der Waals surface area (Å²) in [5, 5.41) is 4.25. The van der Waals surface area contributed by atoms with Crippen molar-refractivity contribution in [2.75, 3.05) is 0 Å². The molecule has 0 saturated heterocycles. The molecular weight excluding hydrogens is 324 g/mol. The number of aromatic nitrogens is 2. The Labute approximate surface area is 142 Å². The lowest BCUT2D eigenvalue weighted by molar-refractivity contribution is 0.249. The molecule has 0 radical (unpaired) electrons. The average Bonchev–Trinajstić information content (AvgIpc) is 3.05. The maximum atomic E-state index is 14.3. The lowest BCUT2D eigenvalue weighted by Crippen LogP contribution is -2.08. The van der Waals surface area contributed by atoms with Crippen LogP contribution in [0.3, 0.4) is 0 Å². The zero-order valence-corrected chi connectivity index (χ0v) is 13.5. The fourth-order valence-corrected chi connectivity index (χ4v) is 3.02. The van der Waals surface area contributed by atoms with Gasteiger partial charge in [0.05, 0.1) is 5.69 Å². The summed E-state index contributed by atoms with van der Waals surface area (Å²) in [4.78, 5) is 16.1. The number of aliphatic imine (C=N–C) groups is 1. The number of aryl methyl sites for hydroxylation is 2. The SMILES string of the molecule is Cc1ccc(-c2c(C)nn3c2C(c2ccc(F)cc2F)=NC3=O)cc1. The van der Waals surface area contributed by atoms with Crippen LogP contribution in [0.15, 0.2) is 47.5 Å². The van der Waals surface area contributed by atoms with Crippen molar-refractivity contribution < 1.29 is 13.6 Å². The van der Waals surface area contributed by atoms with Crippen molar-refractivity contribution in [3.8, 4) is 11.1 Å². The first-order chi connectivity index (χ1) is 12.0. The summed E-state index contributed by atoms with van der Waals surface area (Å²) < 4.78 is 28.7. The van der Waals surface area contributed by atoms with Crippen LogP contribution in [0.4, 0.5) is 13.6 Å². The van der Waals surface area contributed by atoms with Crippen LogP contribution in [0, 0.1) is 25.5 Å². The predicted molar refractivity (Wildman–Crippen MR) is 89.9 cm³/mol. The zero-order valence-electron chi connectivity index (χ0n) is 13.5. The second-order valence-electron chi connectivity index (χ2n) is 5.95. The van der Waals surface area contributed by atoms with Crippen molar-refractivity contribution in [2.45, 2.75) is 13.8 Å². The second kappa shape index (κ2) is 5.44. The smallest absolute Gasteiger partial charge is 0.244 e. The van der Waals surface area contributed by atoms with Crippen LogP contribution in [0.25, 0.3) is 11.1 Å². The quantitative estimate of drug-likeness (QED) is 0.701. The van der Waals surface area contributed by atoms with Gasteiger partial charge in [-0.1, -0.05) is 29.8 Å². The van der Waals surface area contributed by atoms with Gasteiger partial charge < -0.3 is 0 Å². The van der Waals surface area contributed by atoms with Crippen LogP contribution in [0.5, 0.6) is 0 Å². The van der Waals surface area contributed by atoms with E-state index in [1.807, 2.05) is 31.2 Å². The topological polar surface area (TPSA) is 47.2 Å². The van der Waals surface area contributed by atoms with Gasteiger partial charge in [0.1, 0.15) is 23.0 Å². The molecule has 4 nitrogen and oxygen atoms in total. The largest absolute Gasteiger partial charge is 0.369 e. The molecule has 124 valence electrons. The number of amides is 1. The lowest BCUT2D eigenvalue weighted by atomic mass is 9.97. The molecule has 2 heterocycles. The normalized spacial score (nSPS) is 13.1. The number of rotatable bonds is 2. The number of carbonyl (C=O) groups excluding carboxylic acids is 1. The van der Waals surface area contributed by atoms with E-state index < -0.39 is 17.7 Å². The van der Waals surface area contributed by atoms with Crippen molar-refractivity contribution in [1.82, 2.24) is 9.78 Å². The van der Waals surface area contributed by atoms with Crippen molar-refractivity contribution >= 4 is 11.7 Å². The standard InChI is InChI=1S/C19H13F2N3O/c1-10-3-5-12(6-4-10)16-11(2)23-24-18(16)17(22-19(24)25)14-8-7-13(20)9-15(14)21/h3-9H,1-2H3. The van der Waals surface area contributed by atoms with Crippen molar-refractivity contribution in [3.05, 3.63) is 76.6 Å². The molecule has 1 aliphatic heterocycles. The maximum absolute atomic E-state index is 14.3. The lowest BCUT2D eigenvalue weighted by Gasteiger charge is -2.07. The maximum Gasteiger partial charge on any atom is 0.369 e. The first-order valence-electron chi connectivity index (χ1n) is 7.71. The summed E-state index contributed by atoms with van der Waals surface area (Å²) in [5.41, 5.74) is 3.97. The minimum atomic E-state index is -0.770. The van der Waals surface area contributed by atoms with Gasteiger partial charge in [0, 0.05) is 17.2 Å². The van der Waals surface area contributed by atoms with Gasteiger partial charge in [-0.3, -0.25) is 0 Å². The number of nitrogens with zero attached hydrogens (tertiary/aromatic N) is 3. The molecule has 1 aliphatic rings. The molecule has 0 atom stereocenters. The third-order valence-corrected chi connectivity index (χ3v) is 4.20. The van der Waals surface area contributed by atoms with E-state index in [9.17, 15) is 13.6 Å². The van der Waals surface area contributed by atoms with Gasteiger partial charge in [0.25, 0.3) is 0 Å². The van der Waals surface area contributed by atoms with E-state index in [4.69, 9.17) is 0 Å². The van der Waals surface area contributed by atoms with Gasteiger partial charge in [-0.2, -0.15) is 14.8 Å². The number of fused-ring (bicyclic) bond motifs is 1. The summed E-state index contributed by atoms with van der Waals surface area (Å²) in [6, 6.07) is 10.4.